The number of ether oxygens (including phenoxy) is 1. The maximum Gasteiger partial charge on any atom is 0.207 e. The van der Waals surface area contributed by atoms with Crippen molar-refractivity contribution in [2.75, 3.05) is 0 Å². The normalized spacial score (nSPS) is 9.93. The van der Waals surface area contributed by atoms with Gasteiger partial charge in [0.05, 0.1) is 6.10 Å². The summed E-state index contributed by atoms with van der Waals surface area (Å²) in [6.07, 6.45) is 0.832. The first-order valence-electron chi connectivity index (χ1n) is 4.65. The van der Waals surface area contributed by atoms with Gasteiger partial charge in [-0.1, -0.05) is 18.2 Å². The van der Waals surface area contributed by atoms with E-state index in [0.29, 0.717) is 13.0 Å². The molecule has 0 aliphatic rings. The fourth-order valence-electron chi connectivity index (χ4n) is 1.17. The van der Waals surface area contributed by atoms with Crippen LogP contribution in [0, 0.1) is 0 Å². The molecule has 1 rings (SSSR count). The summed E-state index contributed by atoms with van der Waals surface area (Å²) in [7, 11) is 0. The molecule has 3 nitrogen and oxygen atoms in total. The summed E-state index contributed by atoms with van der Waals surface area (Å²) in [5.41, 5.74) is 0.994. The van der Waals surface area contributed by atoms with Gasteiger partial charge in [-0.05, 0) is 19.9 Å². The van der Waals surface area contributed by atoms with Crippen molar-refractivity contribution in [2.24, 2.45) is 0 Å². The van der Waals surface area contributed by atoms with Gasteiger partial charge in [0.15, 0.2) is 0 Å². The first kappa shape index (κ1) is 10.6. The van der Waals surface area contributed by atoms with Crippen LogP contribution in [0.4, 0.5) is 0 Å². The highest BCUT2D eigenvalue weighted by molar-refractivity contribution is 5.47. The van der Waals surface area contributed by atoms with Gasteiger partial charge in [-0.2, -0.15) is 0 Å². The number of hydrogen-bond acceptors (Lipinski definition) is 2. The van der Waals surface area contributed by atoms with E-state index in [-0.39, 0.29) is 6.10 Å². The van der Waals surface area contributed by atoms with E-state index in [1.54, 1.807) is 0 Å². The van der Waals surface area contributed by atoms with Crippen molar-refractivity contribution in [3.05, 3.63) is 29.8 Å². The summed E-state index contributed by atoms with van der Waals surface area (Å²) < 4.78 is 5.59. The standard InChI is InChI=1S/C11H15NO2/c1-9(2)14-11-6-4-3-5-10(11)7-12-8-13/h3-6,8-9H,7H2,1-2H3,(H,12,13). The van der Waals surface area contributed by atoms with Crippen LogP contribution < -0.4 is 10.1 Å². The van der Waals surface area contributed by atoms with Gasteiger partial charge in [-0.25, -0.2) is 0 Å². The van der Waals surface area contributed by atoms with Crippen molar-refractivity contribution in [3.63, 3.8) is 0 Å². The maximum atomic E-state index is 10.2. The van der Waals surface area contributed by atoms with E-state index in [2.05, 4.69) is 5.32 Å². The Kier molecular flexibility index (Phi) is 3.98. The summed E-state index contributed by atoms with van der Waals surface area (Å²) in [5, 5.41) is 2.62. The van der Waals surface area contributed by atoms with Crippen molar-refractivity contribution in [3.8, 4) is 5.75 Å². The van der Waals surface area contributed by atoms with Crippen molar-refractivity contribution in [1.82, 2.24) is 5.32 Å². The maximum absolute atomic E-state index is 10.2. The Morgan fingerprint density at radius 1 is 1.43 bits per heavy atom. The third-order valence-electron chi connectivity index (χ3n) is 1.71. The molecule has 0 unspecified atom stereocenters. The van der Waals surface area contributed by atoms with Crippen molar-refractivity contribution >= 4 is 6.41 Å². The Morgan fingerprint density at radius 3 is 2.79 bits per heavy atom. The minimum absolute atomic E-state index is 0.146. The Morgan fingerprint density at radius 2 is 2.14 bits per heavy atom. The molecule has 0 spiro atoms. The van der Waals surface area contributed by atoms with E-state index in [9.17, 15) is 4.79 Å². The summed E-state index contributed by atoms with van der Waals surface area (Å²) in [6.45, 7) is 4.46. The van der Waals surface area contributed by atoms with Crippen LogP contribution in [-0.4, -0.2) is 12.5 Å². The number of carbonyl (C=O) groups excluding carboxylic acids is 1. The number of hydrogen-bond donors (Lipinski definition) is 1. The molecule has 0 saturated carbocycles. The highest BCUT2D eigenvalue weighted by Crippen LogP contribution is 2.18. The molecule has 1 amide bonds. The Hall–Kier alpha value is -1.51. The molecule has 0 bridgehead atoms. The van der Waals surface area contributed by atoms with E-state index >= 15 is 0 Å². The number of para-hydroxylation sites is 1. The zero-order valence-electron chi connectivity index (χ0n) is 8.49. The molecule has 3 heteroatoms. The highest BCUT2D eigenvalue weighted by atomic mass is 16.5. The largest absolute Gasteiger partial charge is 0.491 e. The van der Waals surface area contributed by atoms with Crippen LogP contribution in [-0.2, 0) is 11.3 Å². The number of nitrogens with one attached hydrogen (secondary N) is 1. The minimum atomic E-state index is 0.146. The van der Waals surface area contributed by atoms with Gasteiger partial charge in [0, 0.05) is 12.1 Å². The van der Waals surface area contributed by atoms with Crippen LogP contribution in [0.3, 0.4) is 0 Å². The molecule has 0 heterocycles. The molecule has 0 saturated heterocycles. The third-order valence-corrected chi connectivity index (χ3v) is 1.71. The van der Waals surface area contributed by atoms with E-state index in [0.717, 1.165) is 11.3 Å². The molecule has 1 N–H and O–H groups in total. The zero-order chi connectivity index (χ0) is 10.4. The van der Waals surface area contributed by atoms with Gasteiger partial charge in [0.1, 0.15) is 5.75 Å². The Labute approximate surface area is 84.1 Å². The van der Waals surface area contributed by atoms with Crippen LogP contribution in [0.5, 0.6) is 5.75 Å². The van der Waals surface area contributed by atoms with E-state index < -0.39 is 0 Å². The number of amides is 1. The van der Waals surface area contributed by atoms with Crippen LogP contribution in [0.15, 0.2) is 24.3 Å². The Balaban J connectivity index is 2.74. The second kappa shape index (κ2) is 5.27. The molecule has 14 heavy (non-hydrogen) atoms. The molecule has 76 valence electrons. The van der Waals surface area contributed by atoms with Crippen molar-refractivity contribution < 1.29 is 9.53 Å². The van der Waals surface area contributed by atoms with Gasteiger partial charge in [-0.3, -0.25) is 4.79 Å². The molecular weight excluding hydrogens is 178 g/mol. The molecule has 0 fully saturated rings. The zero-order valence-corrected chi connectivity index (χ0v) is 8.49. The number of benzene rings is 1. The fourth-order valence-corrected chi connectivity index (χ4v) is 1.17. The summed E-state index contributed by atoms with van der Waals surface area (Å²) in [4.78, 5) is 10.2. The van der Waals surface area contributed by atoms with Crippen molar-refractivity contribution in [1.29, 1.82) is 0 Å². The lowest BCUT2D eigenvalue weighted by Crippen LogP contribution is -2.13. The van der Waals surface area contributed by atoms with E-state index in [4.69, 9.17) is 4.74 Å². The topological polar surface area (TPSA) is 38.3 Å². The first-order valence-corrected chi connectivity index (χ1v) is 4.65. The van der Waals surface area contributed by atoms with E-state index in [1.165, 1.54) is 0 Å². The lowest BCUT2D eigenvalue weighted by Gasteiger charge is -2.13. The van der Waals surface area contributed by atoms with Crippen LogP contribution in [0.2, 0.25) is 0 Å². The molecule has 0 radical (unpaired) electrons. The average molecular weight is 193 g/mol. The molecule has 0 aromatic heterocycles. The smallest absolute Gasteiger partial charge is 0.207 e. The molecule has 0 aliphatic carbocycles. The minimum Gasteiger partial charge on any atom is -0.491 e. The van der Waals surface area contributed by atoms with Crippen LogP contribution >= 0.6 is 0 Å². The molecule has 0 atom stereocenters. The number of rotatable bonds is 5. The lowest BCUT2D eigenvalue weighted by atomic mass is 10.2. The number of carbonyl (C=O) groups is 1. The van der Waals surface area contributed by atoms with Crippen molar-refractivity contribution in [2.45, 2.75) is 26.5 Å². The van der Waals surface area contributed by atoms with Gasteiger partial charge in [0.25, 0.3) is 0 Å². The first-order chi connectivity index (χ1) is 6.74. The molecular formula is C11H15NO2. The predicted molar refractivity (Wildman–Crippen MR) is 55.1 cm³/mol. The van der Waals surface area contributed by atoms with Gasteiger partial charge >= 0.3 is 0 Å². The predicted octanol–water partition coefficient (Wildman–Crippen LogP) is 1.72. The highest BCUT2D eigenvalue weighted by Gasteiger charge is 2.03. The fraction of sp³-hybridized carbons (Fsp3) is 0.364. The second-order valence-electron chi connectivity index (χ2n) is 3.27. The average Bonchev–Trinajstić information content (AvgIpc) is 2.16. The summed E-state index contributed by atoms with van der Waals surface area (Å²) in [5.74, 6) is 0.830. The molecule has 0 aliphatic heterocycles. The second-order valence-corrected chi connectivity index (χ2v) is 3.27. The third kappa shape index (κ3) is 3.09. The van der Waals surface area contributed by atoms with Gasteiger partial charge < -0.3 is 10.1 Å². The Bertz CT molecular complexity index is 297. The molecule has 1 aromatic carbocycles. The van der Waals surface area contributed by atoms with Gasteiger partial charge in [-0.15, -0.1) is 0 Å². The van der Waals surface area contributed by atoms with Crippen LogP contribution in [0.1, 0.15) is 19.4 Å². The monoisotopic (exact) mass is 193 g/mol. The molecule has 1 aromatic rings. The SMILES string of the molecule is CC(C)Oc1ccccc1CNC=O. The van der Waals surface area contributed by atoms with Gasteiger partial charge in [0.2, 0.25) is 6.41 Å². The lowest BCUT2D eigenvalue weighted by molar-refractivity contribution is -0.109. The van der Waals surface area contributed by atoms with E-state index in [1.807, 2.05) is 38.1 Å². The summed E-state index contributed by atoms with van der Waals surface area (Å²) in [6, 6.07) is 7.69. The summed E-state index contributed by atoms with van der Waals surface area (Å²) >= 11 is 0. The van der Waals surface area contributed by atoms with Crippen LogP contribution in [0.25, 0.3) is 0 Å². The quantitative estimate of drug-likeness (QED) is 0.723.